The molecule has 1 N–H and O–H groups in total. The summed E-state index contributed by atoms with van der Waals surface area (Å²) in [5, 5.41) is 13.2. The Hall–Kier alpha value is -1.73. The number of hydrogen-bond donors (Lipinski definition) is 1. The predicted molar refractivity (Wildman–Crippen MR) is 70.4 cm³/mol. The minimum atomic E-state index is -0.489. The lowest BCUT2D eigenvalue weighted by Gasteiger charge is -2.04. The van der Waals surface area contributed by atoms with Crippen LogP contribution in [-0.4, -0.2) is 34.2 Å². The molecule has 1 aromatic carbocycles. The van der Waals surface area contributed by atoms with Gasteiger partial charge in [-0.3, -0.25) is 14.9 Å². The van der Waals surface area contributed by atoms with Crippen LogP contribution in [0.1, 0.15) is 16.8 Å². The van der Waals surface area contributed by atoms with Crippen LogP contribution in [0.4, 0.5) is 5.69 Å². The van der Waals surface area contributed by atoms with Crippen molar-refractivity contribution in [1.29, 1.82) is 0 Å². The normalized spacial score (nSPS) is 10.7. The molecule has 0 heterocycles. The van der Waals surface area contributed by atoms with Gasteiger partial charge in [0.1, 0.15) is 0 Å². The van der Waals surface area contributed by atoms with Crippen molar-refractivity contribution in [2.75, 3.05) is 13.7 Å². The lowest BCUT2D eigenvalue weighted by atomic mass is 10.2. The van der Waals surface area contributed by atoms with Gasteiger partial charge in [0.25, 0.3) is 11.6 Å². The monoisotopic (exact) mass is 268 g/mol. The Kier molecular flexibility index (Phi) is 6.02. The van der Waals surface area contributed by atoms with Crippen molar-refractivity contribution in [3.8, 4) is 0 Å². The predicted octanol–water partition coefficient (Wildman–Crippen LogP) is 0.863. The fourth-order valence-corrected chi connectivity index (χ4v) is 2.15. The number of carbonyl (C=O) groups is 1. The Labute approximate surface area is 107 Å². The number of hydrogen-bond acceptors (Lipinski definition) is 4. The van der Waals surface area contributed by atoms with E-state index < -0.39 is 14.7 Å². The van der Waals surface area contributed by atoms with Gasteiger partial charge >= 0.3 is 0 Å². The first-order valence-electron chi connectivity index (χ1n) is 5.66. The van der Waals surface area contributed by atoms with E-state index in [2.05, 4.69) is 5.32 Å². The molecule has 0 fully saturated rings. The zero-order valence-corrected chi connectivity index (χ0v) is 11.6. The van der Waals surface area contributed by atoms with E-state index in [1.54, 1.807) is 7.11 Å². The van der Waals surface area contributed by atoms with Gasteiger partial charge in [-0.25, -0.2) is 0 Å². The molecule has 0 aromatic heterocycles. The van der Waals surface area contributed by atoms with Crippen molar-refractivity contribution in [3.63, 3.8) is 0 Å². The van der Waals surface area contributed by atoms with Gasteiger partial charge in [0.05, 0.1) is 4.92 Å². The van der Waals surface area contributed by atoms with E-state index in [4.69, 9.17) is 4.43 Å². The number of benzene rings is 1. The van der Waals surface area contributed by atoms with Gasteiger partial charge in [0.15, 0.2) is 9.76 Å². The topological polar surface area (TPSA) is 81.5 Å². The minimum absolute atomic E-state index is 0.0161. The molecule has 1 amide bonds. The Bertz CT molecular complexity index is 408. The molecule has 0 saturated heterocycles. The largest absolute Gasteiger partial charge is 0.427 e. The molecule has 0 spiro atoms. The summed E-state index contributed by atoms with van der Waals surface area (Å²) in [7, 11) is 1.27. The first kappa shape index (κ1) is 14.3. The van der Waals surface area contributed by atoms with Crippen molar-refractivity contribution in [1.82, 2.24) is 5.32 Å². The Morgan fingerprint density at radius 3 is 2.67 bits per heavy atom. The molecular weight excluding hydrogens is 252 g/mol. The molecule has 98 valence electrons. The third-order valence-corrected chi connectivity index (χ3v) is 3.60. The lowest BCUT2D eigenvalue weighted by molar-refractivity contribution is -0.384. The number of carbonyl (C=O) groups excluding carboxylic acids is 1. The van der Waals surface area contributed by atoms with E-state index >= 15 is 0 Å². The first-order chi connectivity index (χ1) is 8.65. The Morgan fingerprint density at radius 1 is 1.44 bits per heavy atom. The number of rotatable bonds is 7. The molecule has 0 saturated carbocycles. The molecule has 18 heavy (non-hydrogen) atoms. The molecule has 0 aliphatic carbocycles. The zero-order valence-electron chi connectivity index (χ0n) is 10.2. The molecule has 0 aliphatic heterocycles. The van der Waals surface area contributed by atoms with E-state index in [1.807, 2.05) is 0 Å². The quantitative estimate of drug-likeness (QED) is 0.344. The highest BCUT2D eigenvalue weighted by Crippen LogP contribution is 2.11. The maximum Gasteiger partial charge on any atom is 0.269 e. The zero-order chi connectivity index (χ0) is 13.4. The van der Waals surface area contributed by atoms with Gasteiger partial charge in [0, 0.05) is 31.4 Å². The second-order valence-electron chi connectivity index (χ2n) is 3.76. The number of nitrogens with zero attached hydrogens (tertiary/aromatic N) is 1. The van der Waals surface area contributed by atoms with E-state index in [0.717, 1.165) is 12.5 Å². The SMILES string of the molecule is CO[SiH2]CCCNC(=O)c1ccc([N+](=O)[O-])cc1. The molecule has 7 heteroatoms. The standard InChI is InChI=1S/C11H16N2O4Si/c1-17-18-8-2-7-12-11(14)9-3-5-10(6-4-9)13(15)16/h3-6H,2,7-8,18H2,1H3,(H,12,14). The van der Waals surface area contributed by atoms with E-state index in [0.29, 0.717) is 12.1 Å². The third kappa shape index (κ3) is 4.64. The fraction of sp³-hybridized carbons (Fsp3) is 0.364. The van der Waals surface area contributed by atoms with Crippen LogP contribution in [0.3, 0.4) is 0 Å². The highest BCUT2D eigenvalue weighted by atomic mass is 28.2. The highest BCUT2D eigenvalue weighted by molar-refractivity contribution is 6.26. The van der Waals surface area contributed by atoms with Crippen LogP contribution in [0.5, 0.6) is 0 Å². The molecule has 0 bridgehead atoms. The minimum Gasteiger partial charge on any atom is -0.427 e. The van der Waals surface area contributed by atoms with Gasteiger partial charge < -0.3 is 9.74 Å². The molecule has 6 nitrogen and oxygen atoms in total. The van der Waals surface area contributed by atoms with Gasteiger partial charge in [-0.05, 0) is 24.6 Å². The number of nitro benzene ring substituents is 1. The molecule has 0 atom stereocenters. The summed E-state index contributed by atoms with van der Waals surface area (Å²) in [5.74, 6) is -0.205. The van der Waals surface area contributed by atoms with Crippen molar-refractivity contribution < 1.29 is 14.1 Å². The van der Waals surface area contributed by atoms with Crippen molar-refractivity contribution in [2.45, 2.75) is 12.5 Å². The van der Waals surface area contributed by atoms with Gasteiger partial charge in [-0.15, -0.1) is 0 Å². The fourth-order valence-electron chi connectivity index (χ4n) is 1.41. The molecular formula is C11H16N2O4Si. The van der Waals surface area contributed by atoms with Crippen molar-refractivity contribution in [3.05, 3.63) is 39.9 Å². The molecule has 1 aromatic rings. The van der Waals surface area contributed by atoms with Gasteiger partial charge in [-0.2, -0.15) is 0 Å². The number of nitro groups is 1. The summed E-state index contributed by atoms with van der Waals surface area (Å²) in [6.07, 6.45) is 0.902. The maximum absolute atomic E-state index is 11.7. The van der Waals surface area contributed by atoms with E-state index in [1.165, 1.54) is 24.3 Å². The van der Waals surface area contributed by atoms with Crippen LogP contribution in [0.15, 0.2) is 24.3 Å². The smallest absolute Gasteiger partial charge is 0.269 e. The molecule has 0 radical (unpaired) electrons. The van der Waals surface area contributed by atoms with E-state index in [9.17, 15) is 14.9 Å². The molecule has 0 unspecified atom stereocenters. The second-order valence-corrected chi connectivity index (χ2v) is 5.45. The van der Waals surface area contributed by atoms with Crippen LogP contribution in [0.25, 0.3) is 0 Å². The summed E-state index contributed by atoms with van der Waals surface area (Å²) in [6.45, 7) is 0.603. The van der Waals surface area contributed by atoms with E-state index in [-0.39, 0.29) is 11.6 Å². The third-order valence-electron chi connectivity index (χ3n) is 2.40. The van der Waals surface area contributed by atoms with Gasteiger partial charge in [0.2, 0.25) is 0 Å². The molecule has 1 rings (SSSR count). The Morgan fingerprint density at radius 2 is 2.11 bits per heavy atom. The number of non-ortho nitro benzene ring substituents is 1. The van der Waals surface area contributed by atoms with Crippen molar-refractivity contribution in [2.24, 2.45) is 0 Å². The van der Waals surface area contributed by atoms with Crippen LogP contribution in [0, 0.1) is 10.1 Å². The van der Waals surface area contributed by atoms with Gasteiger partial charge in [-0.1, -0.05) is 0 Å². The summed E-state index contributed by atoms with van der Waals surface area (Å²) in [4.78, 5) is 21.6. The van der Waals surface area contributed by atoms with Crippen LogP contribution in [0.2, 0.25) is 6.04 Å². The molecule has 0 aliphatic rings. The summed E-state index contributed by atoms with van der Waals surface area (Å²) in [5.41, 5.74) is 0.419. The Balaban J connectivity index is 2.39. The first-order valence-corrected chi connectivity index (χ1v) is 7.24. The summed E-state index contributed by atoms with van der Waals surface area (Å²) < 4.78 is 5.03. The average Bonchev–Trinajstić information content (AvgIpc) is 2.38. The highest BCUT2D eigenvalue weighted by Gasteiger charge is 2.08. The average molecular weight is 268 g/mol. The van der Waals surface area contributed by atoms with Crippen molar-refractivity contribution >= 4 is 21.4 Å². The second kappa shape index (κ2) is 7.57. The van der Waals surface area contributed by atoms with Crippen LogP contribution >= 0.6 is 0 Å². The van der Waals surface area contributed by atoms with Crippen LogP contribution < -0.4 is 5.32 Å². The number of nitrogens with one attached hydrogen (secondary N) is 1. The maximum atomic E-state index is 11.7. The number of amides is 1. The lowest BCUT2D eigenvalue weighted by Crippen LogP contribution is -2.24. The summed E-state index contributed by atoms with van der Waals surface area (Å²) >= 11 is 0. The van der Waals surface area contributed by atoms with Crippen LogP contribution in [-0.2, 0) is 4.43 Å². The summed E-state index contributed by atoms with van der Waals surface area (Å²) in [6, 6.07) is 6.59.